The number of rotatable bonds is 5. The fraction of sp³-hybridized carbons (Fsp3) is 0.0909. The molecule has 7 heteroatoms. The Morgan fingerprint density at radius 2 is 1.97 bits per heavy atom. The van der Waals surface area contributed by atoms with E-state index in [1.807, 2.05) is 30.5 Å². The molecule has 1 aromatic carbocycles. The SMILES string of the molecule is Fc1cncc(-c2nc(NCCc3c[nH]c4ccccc34)c3ncccc3n2)c1. The number of halogens is 1. The monoisotopic (exact) mass is 384 g/mol. The zero-order valence-corrected chi connectivity index (χ0v) is 15.4. The molecule has 4 heterocycles. The summed E-state index contributed by atoms with van der Waals surface area (Å²) >= 11 is 0. The van der Waals surface area contributed by atoms with E-state index >= 15 is 0 Å². The second-order valence-electron chi connectivity index (χ2n) is 6.70. The summed E-state index contributed by atoms with van der Waals surface area (Å²) in [5.74, 6) is 0.605. The van der Waals surface area contributed by atoms with Gasteiger partial charge in [0.25, 0.3) is 0 Å². The number of pyridine rings is 2. The first-order valence-electron chi connectivity index (χ1n) is 9.30. The maximum Gasteiger partial charge on any atom is 0.163 e. The fourth-order valence-corrected chi connectivity index (χ4v) is 3.41. The van der Waals surface area contributed by atoms with Crippen LogP contribution in [0, 0.1) is 5.82 Å². The van der Waals surface area contributed by atoms with Crippen molar-refractivity contribution in [1.29, 1.82) is 0 Å². The standard InChI is InChI=1S/C22H17FN6/c23-16-10-15(11-24-13-16)21-28-19-6-3-8-25-20(19)22(29-21)26-9-7-14-12-27-18-5-2-1-4-17(14)18/h1-6,8,10-13,27H,7,9H2,(H,26,28,29). The Morgan fingerprint density at radius 1 is 1.03 bits per heavy atom. The summed E-state index contributed by atoms with van der Waals surface area (Å²) in [6.07, 6.45) is 7.27. The van der Waals surface area contributed by atoms with Gasteiger partial charge >= 0.3 is 0 Å². The molecule has 5 aromatic rings. The van der Waals surface area contributed by atoms with Crippen LogP contribution < -0.4 is 5.32 Å². The molecule has 0 bridgehead atoms. The summed E-state index contributed by atoms with van der Waals surface area (Å²) in [5, 5.41) is 4.59. The number of hydrogen-bond acceptors (Lipinski definition) is 5. The van der Waals surface area contributed by atoms with Gasteiger partial charge in [-0.25, -0.2) is 14.4 Å². The summed E-state index contributed by atoms with van der Waals surface area (Å²) in [6.45, 7) is 0.672. The number of aromatic nitrogens is 5. The summed E-state index contributed by atoms with van der Waals surface area (Å²) in [7, 11) is 0. The molecule has 0 amide bonds. The van der Waals surface area contributed by atoms with Crippen molar-refractivity contribution in [3.05, 3.63) is 78.6 Å². The second kappa shape index (κ2) is 7.27. The van der Waals surface area contributed by atoms with Crippen molar-refractivity contribution in [2.24, 2.45) is 0 Å². The van der Waals surface area contributed by atoms with E-state index in [4.69, 9.17) is 0 Å². The van der Waals surface area contributed by atoms with Gasteiger partial charge in [-0.05, 0) is 36.2 Å². The van der Waals surface area contributed by atoms with E-state index in [0.29, 0.717) is 34.8 Å². The Labute approximate surface area is 165 Å². The largest absolute Gasteiger partial charge is 0.368 e. The molecule has 2 N–H and O–H groups in total. The predicted molar refractivity (Wildman–Crippen MR) is 111 cm³/mol. The Hall–Kier alpha value is -3.87. The number of nitrogens with zero attached hydrogens (tertiary/aromatic N) is 4. The van der Waals surface area contributed by atoms with Crippen LogP contribution in [0.3, 0.4) is 0 Å². The normalized spacial score (nSPS) is 11.2. The lowest BCUT2D eigenvalue weighted by Gasteiger charge is -2.10. The quantitative estimate of drug-likeness (QED) is 0.471. The van der Waals surface area contributed by atoms with Crippen LogP contribution in [-0.2, 0) is 6.42 Å². The van der Waals surface area contributed by atoms with E-state index in [9.17, 15) is 4.39 Å². The molecule has 0 atom stereocenters. The number of nitrogens with one attached hydrogen (secondary N) is 2. The molecule has 0 aliphatic rings. The Kier molecular flexibility index (Phi) is 4.32. The van der Waals surface area contributed by atoms with Crippen molar-refractivity contribution in [2.45, 2.75) is 6.42 Å². The van der Waals surface area contributed by atoms with Crippen LogP contribution >= 0.6 is 0 Å². The van der Waals surface area contributed by atoms with E-state index in [1.54, 1.807) is 12.4 Å². The van der Waals surface area contributed by atoms with Crippen molar-refractivity contribution >= 4 is 27.8 Å². The first kappa shape index (κ1) is 17.2. The highest BCUT2D eigenvalue weighted by molar-refractivity contribution is 5.87. The molecular weight excluding hydrogens is 367 g/mol. The molecule has 6 nitrogen and oxygen atoms in total. The van der Waals surface area contributed by atoms with E-state index in [2.05, 4.69) is 42.4 Å². The number of aromatic amines is 1. The summed E-state index contributed by atoms with van der Waals surface area (Å²) in [6, 6.07) is 13.3. The van der Waals surface area contributed by atoms with Gasteiger partial charge in [-0.15, -0.1) is 0 Å². The van der Waals surface area contributed by atoms with Crippen LogP contribution in [0.4, 0.5) is 10.2 Å². The molecule has 29 heavy (non-hydrogen) atoms. The minimum atomic E-state index is -0.425. The van der Waals surface area contributed by atoms with Gasteiger partial charge in [-0.2, -0.15) is 0 Å². The van der Waals surface area contributed by atoms with E-state index in [-0.39, 0.29) is 0 Å². The maximum absolute atomic E-state index is 13.6. The van der Waals surface area contributed by atoms with Crippen molar-refractivity contribution in [3.63, 3.8) is 0 Å². The second-order valence-corrected chi connectivity index (χ2v) is 6.70. The van der Waals surface area contributed by atoms with Gasteiger partial charge in [-0.3, -0.25) is 9.97 Å². The third-order valence-corrected chi connectivity index (χ3v) is 4.78. The summed E-state index contributed by atoms with van der Waals surface area (Å²) in [5.41, 5.74) is 4.25. The van der Waals surface area contributed by atoms with Crippen LogP contribution in [0.2, 0.25) is 0 Å². The van der Waals surface area contributed by atoms with Crippen molar-refractivity contribution in [2.75, 3.05) is 11.9 Å². The van der Waals surface area contributed by atoms with Crippen LogP contribution in [-0.4, -0.2) is 31.5 Å². The van der Waals surface area contributed by atoms with Crippen LogP contribution in [0.25, 0.3) is 33.3 Å². The van der Waals surface area contributed by atoms with Crippen molar-refractivity contribution in [1.82, 2.24) is 24.9 Å². The molecule has 0 aliphatic heterocycles. The average Bonchev–Trinajstić information content (AvgIpc) is 3.17. The minimum absolute atomic E-state index is 0.409. The molecule has 5 rings (SSSR count). The number of benzene rings is 1. The van der Waals surface area contributed by atoms with Crippen molar-refractivity contribution in [3.8, 4) is 11.4 Å². The topological polar surface area (TPSA) is 79.4 Å². The lowest BCUT2D eigenvalue weighted by atomic mass is 10.1. The van der Waals surface area contributed by atoms with Gasteiger partial charge in [0.15, 0.2) is 11.6 Å². The molecule has 0 spiro atoms. The van der Waals surface area contributed by atoms with Crippen molar-refractivity contribution < 1.29 is 4.39 Å². The molecule has 4 aromatic heterocycles. The molecule has 0 fully saturated rings. The van der Waals surface area contributed by atoms with Crippen LogP contribution in [0.15, 0.2) is 67.3 Å². The summed E-state index contributed by atoms with van der Waals surface area (Å²) in [4.78, 5) is 20.7. The van der Waals surface area contributed by atoms with Gasteiger partial charge < -0.3 is 10.3 Å². The number of H-pyrrole nitrogens is 1. The number of fused-ring (bicyclic) bond motifs is 2. The number of hydrogen-bond donors (Lipinski definition) is 2. The Bertz CT molecular complexity index is 1310. The molecular formula is C22H17FN6. The highest BCUT2D eigenvalue weighted by Gasteiger charge is 2.11. The molecule has 0 radical (unpaired) electrons. The lowest BCUT2D eigenvalue weighted by molar-refractivity contribution is 0.622. The third kappa shape index (κ3) is 3.38. The molecule has 142 valence electrons. The molecule has 0 saturated heterocycles. The Balaban J connectivity index is 1.45. The van der Waals surface area contributed by atoms with E-state index in [1.165, 1.54) is 17.0 Å². The predicted octanol–water partition coefficient (Wildman–Crippen LogP) is 4.36. The fourth-order valence-electron chi connectivity index (χ4n) is 3.41. The van der Waals surface area contributed by atoms with Gasteiger partial charge in [-0.1, -0.05) is 18.2 Å². The minimum Gasteiger partial charge on any atom is -0.368 e. The highest BCUT2D eigenvalue weighted by Crippen LogP contribution is 2.24. The first-order valence-corrected chi connectivity index (χ1v) is 9.30. The number of para-hydroxylation sites is 1. The number of anilines is 1. The molecule has 0 unspecified atom stereocenters. The van der Waals surface area contributed by atoms with Gasteiger partial charge in [0.1, 0.15) is 11.3 Å². The van der Waals surface area contributed by atoms with Gasteiger partial charge in [0.05, 0.1) is 11.7 Å². The van der Waals surface area contributed by atoms with Crippen LogP contribution in [0.1, 0.15) is 5.56 Å². The molecule has 0 aliphatic carbocycles. The smallest absolute Gasteiger partial charge is 0.163 e. The van der Waals surface area contributed by atoms with Crippen LogP contribution in [0.5, 0.6) is 0 Å². The highest BCUT2D eigenvalue weighted by atomic mass is 19.1. The van der Waals surface area contributed by atoms with E-state index in [0.717, 1.165) is 18.1 Å². The van der Waals surface area contributed by atoms with Gasteiger partial charge in [0, 0.05) is 41.6 Å². The lowest BCUT2D eigenvalue weighted by Crippen LogP contribution is -2.08. The Morgan fingerprint density at radius 3 is 2.90 bits per heavy atom. The summed E-state index contributed by atoms with van der Waals surface area (Å²) < 4.78 is 13.6. The average molecular weight is 384 g/mol. The van der Waals surface area contributed by atoms with Gasteiger partial charge in [0.2, 0.25) is 0 Å². The maximum atomic E-state index is 13.6. The zero-order valence-electron chi connectivity index (χ0n) is 15.4. The van der Waals surface area contributed by atoms with E-state index < -0.39 is 5.82 Å². The molecule has 0 saturated carbocycles. The first-order chi connectivity index (χ1) is 14.3. The third-order valence-electron chi connectivity index (χ3n) is 4.78. The zero-order chi connectivity index (χ0) is 19.6.